The summed E-state index contributed by atoms with van der Waals surface area (Å²) in [6.45, 7) is 4.09. The number of hydrogen-bond donors (Lipinski definition) is 2. The highest BCUT2D eigenvalue weighted by Gasteiger charge is 2.11. The van der Waals surface area contributed by atoms with Crippen molar-refractivity contribution in [1.29, 1.82) is 5.26 Å². The predicted molar refractivity (Wildman–Crippen MR) is 102 cm³/mol. The summed E-state index contributed by atoms with van der Waals surface area (Å²) in [7, 11) is 0. The molecule has 2 aromatic rings. The third-order valence-electron chi connectivity index (χ3n) is 3.55. The normalized spacial score (nSPS) is 10.9. The fraction of sp³-hybridized carbons (Fsp3) is 0.158. The average molecular weight is 374 g/mol. The van der Waals surface area contributed by atoms with Crippen molar-refractivity contribution in [3.05, 3.63) is 74.9 Å². The van der Waals surface area contributed by atoms with Crippen LogP contribution in [0.15, 0.2) is 48.2 Å². The second-order valence-corrected chi connectivity index (χ2v) is 6.34. The standard InChI is InChI=1S/C19H17Cl2N3O/c1-12-7-13(2)18(17(21)8-12)23-11-15(9-22)19(25)24-10-14-5-3-4-6-16(14)20/h3-8,11,23H,10H2,1-2H3,(H,24,25)/b15-11-. The number of benzene rings is 2. The van der Waals surface area contributed by atoms with Gasteiger partial charge >= 0.3 is 0 Å². The van der Waals surface area contributed by atoms with Crippen molar-refractivity contribution in [3.63, 3.8) is 0 Å². The van der Waals surface area contributed by atoms with Crippen LogP contribution in [0.3, 0.4) is 0 Å². The lowest BCUT2D eigenvalue weighted by atomic mass is 10.1. The topological polar surface area (TPSA) is 64.9 Å². The zero-order valence-corrected chi connectivity index (χ0v) is 15.4. The summed E-state index contributed by atoms with van der Waals surface area (Å²) < 4.78 is 0. The second kappa shape index (κ2) is 8.57. The molecular formula is C19H17Cl2N3O. The van der Waals surface area contributed by atoms with E-state index >= 15 is 0 Å². The van der Waals surface area contributed by atoms with E-state index in [1.165, 1.54) is 6.20 Å². The summed E-state index contributed by atoms with van der Waals surface area (Å²) in [5.74, 6) is -0.490. The van der Waals surface area contributed by atoms with Crippen LogP contribution in [0.2, 0.25) is 10.0 Å². The first-order chi connectivity index (χ1) is 11.9. The monoisotopic (exact) mass is 373 g/mol. The number of nitrogens with zero attached hydrogens (tertiary/aromatic N) is 1. The van der Waals surface area contributed by atoms with Crippen LogP contribution in [-0.4, -0.2) is 5.91 Å². The van der Waals surface area contributed by atoms with Gasteiger partial charge in [-0.3, -0.25) is 4.79 Å². The van der Waals surface area contributed by atoms with Crippen LogP contribution in [0.25, 0.3) is 0 Å². The Hall–Kier alpha value is -2.48. The van der Waals surface area contributed by atoms with Gasteiger partial charge in [0.15, 0.2) is 0 Å². The average Bonchev–Trinajstić information content (AvgIpc) is 2.56. The minimum Gasteiger partial charge on any atom is -0.359 e. The minimum absolute atomic E-state index is 0.0527. The van der Waals surface area contributed by atoms with E-state index in [1.807, 2.05) is 50.2 Å². The molecule has 0 unspecified atom stereocenters. The van der Waals surface area contributed by atoms with Gasteiger partial charge in [-0.2, -0.15) is 5.26 Å². The molecule has 2 rings (SSSR count). The van der Waals surface area contributed by atoms with E-state index in [0.717, 1.165) is 16.7 Å². The zero-order chi connectivity index (χ0) is 18.4. The molecule has 0 spiro atoms. The molecule has 0 aliphatic carbocycles. The molecule has 0 aliphatic heterocycles. The zero-order valence-electron chi connectivity index (χ0n) is 13.9. The van der Waals surface area contributed by atoms with E-state index in [-0.39, 0.29) is 12.1 Å². The number of amides is 1. The van der Waals surface area contributed by atoms with Crippen molar-refractivity contribution in [2.75, 3.05) is 5.32 Å². The lowest BCUT2D eigenvalue weighted by Crippen LogP contribution is -2.24. The van der Waals surface area contributed by atoms with Crippen LogP contribution < -0.4 is 10.6 Å². The Balaban J connectivity index is 2.09. The lowest BCUT2D eigenvalue weighted by Gasteiger charge is -2.10. The largest absolute Gasteiger partial charge is 0.359 e. The van der Waals surface area contributed by atoms with Crippen molar-refractivity contribution in [1.82, 2.24) is 5.32 Å². The molecule has 0 fully saturated rings. The van der Waals surface area contributed by atoms with Crippen LogP contribution in [0.1, 0.15) is 16.7 Å². The molecule has 2 N–H and O–H groups in total. The molecule has 0 saturated heterocycles. The first kappa shape index (κ1) is 18.9. The summed E-state index contributed by atoms with van der Waals surface area (Å²) >= 11 is 12.3. The van der Waals surface area contributed by atoms with Gasteiger partial charge in [-0.15, -0.1) is 0 Å². The molecule has 0 aromatic heterocycles. The Bertz CT molecular complexity index is 846. The van der Waals surface area contributed by atoms with Gasteiger partial charge in [-0.25, -0.2) is 0 Å². The van der Waals surface area contributed by atoms with Crippen molar-refractivity contribution in [2.24, 2.45) is 0 Å². The summed E-state index contributed by atoms with van der Waals surface area (Å²) in [5.41, 5.74) is 3.35. The summed E-state index contributed by atoms with van der Waals surface area (Å²) in [6.07, 6.45) is 1.35. The molecule has 6 heteroatoms. The van der Waals surface area contributed by atoms with E-state index in [0.29, 0.717) is 15.7 Å². The fourth-order valence-electron chi connectivity index (χ4n) is 2.30. The molecule has 0 saturated carbocycles. The second-order valence-electron chi connectivity index (χ2n) is 5.53. The molecule has 128 valence electrons. The number of anilines is 1. The lowest BCUT2D eigenvalue weighted by molar-refractivity contribution is -0.117. The Morgan fingerprint density at radius 3 is 2.56 bits per heavy atom. The Morgan fingerprint density at radius 2 is 1.92 bits per heavy atom. The maximum absolute atomic E-state index is 12.2. The number of aryl methyl sites for hydroxylation is 2. The Kier molecular flexibility index (Phi) is 6.46. The SMILES string of the molecule is Cc1cc(C)c(N/C=C(/C#N)C(=O)NCc2ccccc2Cl)c(Cl)c1. The highest BCUT2D eigenvalue weighted by Crippen LogP contribution is 2.27. The summed E-state index contributed by atoms with van der Waals surface area (Å²) in [5, 5.41) is 15.9. The summed E-state index contributed by atoms with van der Waals surface area (Å²) in [4.78, 5) is 12.2. The molecule has 0 atom stereocenters. The van der Waals surface area contributed by atoms with E-state index in [1.54, 1.807) is 6.07 Å². The summed E-state index contributed by atoms with van der Waals surface area (Å²) in [6, 6.07) is 12.9. The van der Waals surface area contributed by atoms with Crippen molar-refractivity contribution in [3.8, 4) is 6.07 Å². The number of nitriles is 1. The first-order valence-electron chi connectivity index (χ1n) is 7.57. The number of halogens is 2. The quantitative estimate of drug-likeness (QED) is 0.587. The number of rotatable bonds is 5. The molecule has 25 heavy (non-hydrogen) atoms. The highest BCUT2D eigenvalue weighted by atomic mass is 35.5. The van der Waals surface area contributed by atoms with Crippen molar-refractivity contribution >= 4 is 34.8 Å². The molecule has 1 amide bonds. The van der Waals surface area contributed by atoms with Crippen LogP contribution in [0, 0.1) is 25.2 Å². The number of carbonyl (C=O) groups excluding carboxylic acids is 1. The molecular weight excluding hydrogens is 357 g/mol. The van der Waals surface area contributed by atoms with Gasteiger partial charge in [0, 0.05) is 17.8 Å². The van der Waals surface area contributed by atoms with E-state index in [9.17, 15) is 10.1 Å². The maximum atomic E-state index is 12.2. The Labute approximate surface area is 157 Å². The maximum Gasteiger partial charge on any atom is 0.263 e. The van der Waals surface area contributed by atoms with Gasteiger partial charge in [-0.1, -0.05) is 47.5 Å². The van der Waals surface area contributed by atoms with Gasteiger partial charge < -0.3 is 10.6 Å². The van der Waals surface area contributed by atoms with Crippen LogP contribution in [-0.2, 0) is 11.3 Å². The number of carbonyl (C=O) groups is 1. The third kappa shape index (κ3) is 4.99. The van der Waals surface area contributed by atoms with E-state index < -0.39 is 5.91 Å². The molecule has 0 heterocycles. The van der Waals surface area contributed by atoms with Crippen LogP contribution >= 0.6 is 23.2 Å². The van der Waals surface area contributed by atoms with Crippen molar-refractivity contribution < 1.29 is 4.79 Å². The van der Waals surface area contributed by atoms with Gasteiger partial charge in [0.2, 0.25) is 0 Å². The third-order valence-corrected chi connectivity index (χ3v) is 4.22. The number of nitrogens with one attached hydrogen (secondary N) is 2. The molecule has 4 nitrogen and oxygen atoms in total. The van der Waals surface area contributed by atoms with Crippen LogP contribution in [0.5, 0.6) is 0 Å². The fourth-order valence-corrected chi connectivity index (χ4v) is 2.88. The van der Waals surface area contributed by atoms with Gasteiger partial charge in [-0.05, 0) is 42.7 Å². The van der Waals surface area contributed by atoms with Crippen molar-refractivity contribution in [2.45, 2.75) is 20.4 Å². The molecule has 0 radical (unpaired) electrons. The van der Waals surface area contributed by atoms with E-state index in [4.69, 9.17) is 23.2 Å². The Morgan fingerprint density at radius 1 is 1.20 bits per heavy atom. The van der Waals surface area contributed by atoms with Gasteiger partial charge in [0.25, 0.3) is 5.91 Å². The number of hydrogen-bond acceptors (Lipinski definition) is 3. The van der Waals surface area contributed by atoms with Crippen LogP contribution in [0.4, 0.5) is 5.69 Å². The first-order valence-corrected chi connectivity index (χ1v) is 8.33. The van der Waals surface area contributed by atoms with E-state index in [2.05, 4.69) is 10.6 Å². The minimum atomic E-state index is -0.490. The molecule has 2 aromatic carbocycles. The molecule has 0 bridgehead atoms. The van der Waals surface area contributed by atoms with Gasteiger partial charge in [0.1, 0.15) is 11.6 Å². The highest BCUT2D eigenvalue weighted by molar-refractivity contribution is 6.33. The molecule has 0 aliphatic rings. The predicted octanol–water partition coefficient (Wildman–Crippen LogP) is 4.75. The van der Waals surface area contributed by atoms with Gasteiger partial charge in [0.05, 0.1) is 10.7 Å². The smallest absolute Gasteiger partial charge is 0.263 e.